The van der Waals surface area contributed by atoms with Crippen molar-refractivity contribution in [2.24, 2.45) is 4.99 Å². The van der Waals surface area contributed by atoms with Crippen molar-refractivity contribution in [1.82, 2.24) is 15.5 Å². The monoisotopic (exact) mass is 310 g/mol. The van der Waals surface area contributed by atoms with Gasteiger partial charge >= 0.3 is 0 Å². The number of morpholine rings is 1. The van der Waals surface area contributed by atoms with Gasteiger partial charge in [-0.15, -0.1) is 0 Å². The minimum absolute atomic E-state index is 0.248. The van der Waals surface area contributed by atoms with Gasteiger partial charge in [-0.25, -0.2) is 0 Å². The molecule has 0 bridgehead atoms. The molecule has 0 spiro atoms. The molecule has 1 aliphatic rings. The Balaban J connectivity index is 2.13. The van der Waals surface area contributed by atoms with E-state index in [0.29, 0.717) is 0 Å². The number of nitrogens with one attached hydrogen (secondary N) is 2. The molecule has 1 heterocycles. The Bertz CT molecular complexity index is 474. The summed E-state index contributed by atoms with van der Waals surface area (Å²) in [4.78, 5) is 6.58. The SMILES string of the molecule is CN=C(NC)NCC(c1cccc(Cl)c1)N1CCOCC1. The number of hydrogen-bond acceptors (Lipinski definition) is 3. The third-order valence-electron chi connectivity index (χ3n) is 3.64. The van der Waals surface area contributed by atoms with E-state index in [1.807, 2.05) is 25.2 Å². The van der Waals surface area contributed by atoms with Crippen molar-refractivity contribution in [2.75, 3.05) is 46.9 Å². The molecular weight excluding hydrogens is 288 g/mol. The van der Waals surface area contributed by atoms with Crippen molar-refractivity contribution in [3.63, 3.8) is 0 Å². The van der Waals surface area contributed by atoms with E-state index >= 15 is 0 Å². The summed E-state index contributed by atoms with van der Waals surface area (Å²) in [6.45, 7) is 4.18. The molecule has 2 rings (SSSR count). The maximum Gasteiger partial charge on any atom is 0.190 e. The fourth-order valence-corrected chi connectivity index (χ4v) is 2.73. The van der Waals surface area contributed by atoms with E-state index < -0.39 is 0 Å². The quantitative estimate of drug-likeness (QED) is 0.654. The van der Waals surface area contributed by atoms with Gasteiger partial charge < -0.3 is 15.4 Å². The summed E-state index contributed by atoms with van der Waals surface area (Å²) in [5.74, 6) is 0.787. The molecule has 1 aromatic rings. The van der Waals surface area contributed by atoms with Crippen LogP contribution in [0.3, 0.4) is 0 Å². The van der Waals surface area contributed by atoms with E-state index in [2.05, 4.69) is 26.6 Å². The Morgan fingerprint density at radius 3 is 2.81 bits per heavy atom. The van der Waals surface area contributed by atoms with Crippen LogP contribution in [-0.2, 0) is 4.74 Å². The summed E-state index contributed by atoms with van der Waals surface area (Å²) in [7, 11) is 3.63. The van der Waals surface area contributed by atoms with Crippen LogP contribution >= 0.6 is 11.6 Å². The van der Waals surface area contributed by atoms with Crippen LogP contribution in [0.25, 0.3) is 0 Å². The van der Waals surface area contributed by atoms with E-state index in [4.69, 9.17) is 16.3 Å². The minimum atomic E-state index is 0.248. The second kappa shape index (κ2) is 8.22. The van der Waals surface area contributed by atoms with Crippen LogP contribution in [0.5, 0.6) is 0 Å². The van der Waals surface area contributed by atoms with Crippen LogP contribution < -0.4 is 10.6 Å². The van der Waals surface area contributed by atoms with E-state index in [1.54, 1.807) is 7.05 Å². The van der Waals surface area contributed by atoms with Gasteiger partial charge in [0.15, 0.2) is 5.96 Å². The molecule has 0 aliphatic carbocycles. The Morgan fingerprint density at radius 1 is 1.43 bits per heavy atom. The molecule has 1 aliphatic heterocycles. The van der Waals surface area contributed by atoms with Gasteiger partial charge in [-0.2, -0.15) is 0 Å². The van der Waals surface area contributed by atoms with E-state index in [-0.39, 0.29) is 6.04 Å². The summed E-state index contributed by atoms with van der Waals surface area (Å²) < 4.78 is 5.45. The molecule has 0 aromatic heterocycles. The lowest BCUT2D eigenvalue weighted by atomic mass is 10.0. The summed E-state index contributed by atoms with van der Waals surface area (Å²) >= 11 is 6.15. The van der Waals surface area contributed by atoms with Crippen molar-refractivity contribution in [3.05, 3.63) is 34.9 Å². The summed E-state index contributed by atoms with van der Waals surface area (Å²) in [5, 5.41) is 7.16. The number of halogens is 1. The van der Waals surface area contributed by atoms with Crippen LogP contribution in [-0.4, -0.2) is 57.8 Å². The molecule has 21 heavy (non-hydrogen) atoms. The van der Waals surface area contributed by atoms with Crippen molar-refractivity contribution < 1.29 is 4.74 Å². The molecule has 1 fully saturated rings. The first-order valence-corrected chi connectivity index (χ1v) is 7.58. The van der Waals surface area contributed by atoms with Crippen molar-refractivity contribution >= 4 is 17.6 Å². The normalized spacial score (nSPS) is 18.3. The number of ether oxygens (including phenoxy) is 1. The van der Waals surface area contributed by atoms with E-state index in [1.165, 1.54) is 5.56 Å². The van der Waals surface area contributed by atoms with Gasteiger partial charge in [0.1, 0.15) is 0 Å². The molecule has 0 amide bonds. The second-order valence-corrected chi connectivity index (χ2v) is 5.36. The van der Waals surface area contributed by atoms with Gasteiger partial charge in [-0.1, -0.05) is 23.7 Å². The lowest BCUT2D eigenvalue weighted by Crippen LogP contribution is -2.45. The Labute approximate surface area is 131 Å². The summed E-state index contributed by atoms with van der Waals surface area (Å²) in [6, 6.07) is 8.30. The van der Waals surface area contributed by atoms with Gasteiger partial charge in [0.25, 0.3) is 0 Å². The summed E-state index contributed by atoms with van der Waals surface area (Å²) in [6.07, 6.45) is 0. The topological polar surface area (TPSA) is 48.9 Å². The zero-order valence-corrected chi connectivity index (χ0v) is 13.4. The standard InChI is InChI=1S/C15H23ClN4O/c1-17-15(18-2)19-11-14(20-6-8-21-9-7-20)12-4-3-5-13(16)10-12/h3-5,10,14H,6-9,11H2,1-2H3,(H2,17,18,19). The van der Waals surface area contributed by atoms with E-state index in [0.717, 1.165) is 43.8 Å². The highest BCUT2D eigenvalue weighted by atomic mass is 35.5. The molecule has 0 saturated carbocycles. The first-order chi connectivity index (χ1) is 10.2. The first kappa shape index (κ1) is 16.1. The maximum atomic E-state index is 6.15. The van der Waals surface area contributed by atoms with Gasteiger partial charge in [-0.3, -0.25) is 9.89 Å². The highest BCUT2D eigenvalue weighted by Gasteiger charge is 2.22. The highest BCUT2D eigenvalue weighted by Crippen LogP contribution is 2.23. The fourth-order valence-electron chi connectivity index (χ4n) is 2.53. The van der Waals surface area contributed by atoms with Crippen LogP contribution in [0.1, 0.15) is 11.6 Å². The third-order valence-corrected chi connectivity index (χ3v) is 3.88. The Morgan fingerprint density at radius 2 is 2.19 bits per heavy atom. The average molecular weight is 311 g/mol. The molecule has 5 nitrogen and oxygen atoms in total. The first-order valence-electron chi connectivity index (χ1n) is 7.20. The second-order valence-electron chi connectivity index (χ2n) is 4.92. The van der Waals surface area contributed by atoms with Crippen LogP contribution in [0.4, 0.5) is 0 Å². The lowest BCUT2D eigenvalue weighted by Gasteiger charge is -2.35. The van der Waals surface area contributed by atoms with Crippen molar-refractivity contribution in [1.29, 1.82) is 0 Å². The molecule has 1 atom stereocenters. The number of hydrogen-bond donors (Lipinski definition) is 2. The largest absolute Gasteiger partial charge is 0.379 e. The van der Waals surface area contributed by atoms with Crippen molar-refractivity contribution in [3.8, 4) is 0 Å². The van der Waals surface area contributed by atoms with Gasteiger partial charge in [0, 0.05) is 38.8 Å². The van der Waals surface area contributed by atoms with Gasteiger partial charge in [0.2, 0.25) is 0 Å². The zero-order chi connectivity index (χ0) is 15.1. The van der Waals surface area contributed by atoms with Gasteiger partial charge in [-0.05, 0) is 17.7 Å². The third kappa shape index (κ3) is 4.59. The number of aliphatic imine (C=N–C) groups is 1. The number of guanidine groups is 1. The van der Waals surface area contributed by atoms with E-state index in [9.17, 15) is 0 Å². The molecule has 0 radical (unpaired) electrons. The minimum Gasteiger partial charge on any atom is -0.379 e. The molecule has 1 unspecified atom stereocenters. The Kier molecular flexibility index (Phi) is 6.29. The van der Waals surface area contributed by atoms with Crippen LogP contribution in [0.2, 0.25) is 5.02 Å². The number of rotatable bonds is 4. The highest BCUT2D eigenvalue weighted by molar-refractivity contribution is 6.30. The average Bonchev–Trinajstić information content (AvgIpc) is 2.52. The predicted molar refractivity (Wildman–Crippen MR) is 87.0 cm³/mol. The van der Waals surface area contributed by atoms with Crippen molar-refractivity contribution in [2.45, 2.75) is 6.04 Å². The molecule has 1 saturated heterocycles. The zero-order valence-electron chi connectivity index (χ0n) is 12.6. The Hall–Kier alpha value is -1.30. The fraction of sp³-hybridized carbons (Fsp3) is 0.533. The predicted octanol–water partition coefficient (Wildman–Crippen LogP) is 1.51. The van der Waals surface area contributed by atoms with Crippen LogP contribution in [0.15, 0.2) is 29.3 Å². The lowest BCUT2D eigenvalue weighted by molar-refractivity contribution is 0.0170. The molecule has 6 heteroatoms. The maximum absolute atomic E-state index is 6.15. The molecular formula is C15H23ClN4O. The molecule has 1 aromatic carbocycles. The summed E-state index contributed by atoms with van der Waals surface area (Å²) in [5.41, 5.74) is 1.21. The number of nitrogens with zero attached hydrogens (tertiary/aromatic N) is 2. The number of benzene rings is 1. The van der Waals surface area contributed by atoms with Gasteiger partial charge in [0.05, 0.1) is 19.3 Å². The smallest absolute Gasteiger partial charge is 0.190 e. The van der Waals surface area contributed by atoms with Crippen LogP contribution in [0, 0.1) is 0 Å². The molecule has 116 valence electrons. The molecule has 2 N–H and O–H groups in total.